The van der Waals surface area contributed by atoms with E-state index in [1.807, 2.05) is 37.3 Å². The molecule has 0 amide bonds. The number of pyridine rings is 1. The summed E-state index contributed by atoms with van der Waals surface area (Å²) in [7, 11) is 0. The van der Waals surface area contributed by atoms with Gasteiger partial charge in [0.15, 0.2) is 0 Å². The zero-order valence-corrected chi connectivity index (χ0v) is 22.5. The Morgan fingerprint density at radius 3 is 2.51 bits per heavy atom. The van der Waals surface area contributed by atoms with Crippen molar-refractivity contribution in [2.45, 2.75) is 63.7 Å². The summed E-state index contributed by atoms with van der Waals surface area (Å²) in [5, 5.41) is 4.05. The van der Waals surface area contributed by atoms with Gasteiger partial charge in [-0.2, -0.15) is 13.2 Å². The fourth-order valence-corrected chi connectivity index (χ4v) is 6.80. The van der Waals surface area contributed by atoms with Crippen LogP contribution in [0.25, 0.3) is 10.9 Å². The van der Waals surface area contributed by atoms with E-state index in [0.717, 1.165) is 54.3 Å². The van der Waals surface area contributed by atoms with Crippen molar-refractivity contribution < 1.29 is 17.9 Å². The minimum absolute atomic E-state index is 0.227. The number of rotatable bonds is 8. The van der Waals surface area contributed by atoms with Crippen LogP contribution in [-0.4, -0.2) is 59.7 Å². The minimum atomic E-state index is -4.47. The summed E-state index contributed by atoms with van der Waals surface area (Å²) >= 11 is 0. The third-order valence-electron chi connectivity index (χ3n) is 8.69. The van der Waals surface area contributed by atoms with Gasteiger partial charge in [-0.15, -0.1) is 0 Å². The largest absolute Gasteiger partial charge is 0.492 e. The van der Waals surface area contributed by atoms with Crippen LogP contribution in [0.5, 0.6) is 5.75 Å². The van der Waals surface area contributed by atoms with E-state index >= 15 is 0 Å². The molecule has 2 saturated heterocycles. The highest BCUT2D eigenvalue weighted by Gasteiger charge is 2.43. The molecule has 6 rings (SSSR count). The molecule has 0 radical (unpaired) electrons. The van der Waals surface area contributed by atoms with E-state index < -0.39 is 11.7 Å². The fraction of sp³-hybridized carbons (Fsp3) is 0.516. The Hall–Kier alpha value is -2.84. The second-order valence-corrected chi connectivity index (χ2v) is 11.5. The Labute approximate surface area is 228 Å². The van der Waals surface area contributed by atoms with Gasteiger partial charge in [0, 0.05) is 66.8 Å². The van der Waals surface area contributed by atoms with Crippen molar-refractivity contribution in [2.75, 3.05) is 38.1 Å². The van der Waals surface area contributed by atoms with Gasteiger partial charge in [-0.25, -0.2) is 0 Å². The average molecular weight is 539 g/mol. The van der Waals surface area contributed by atoms with Crippen molar-refractivity contribution in [3.05, 3.63) is 59.8 Å². The first-order chi connectivity index (χ1) is 18.8. The van der Waals surface area contributed by atoms with Gasteiger partial charge in [0.1, 0.15) is 12.4 Å². The van der Waals surface area contributed by atoms with Gasteiger partial charge in [-0.1, -0.05) is 37.5 Å². The molecule has 208 valence electrons. The Bertz CT molecular complexity index is 1310. The first-order valence-corrected chi connectivity index (χ1v) is 14.3. The smallest absolute Gasteiger partial charge is 0.416 e. The molecule has 2 unspecified atom stereocenters. The molecule has 1 N–H and O–H groups in total. The quantitative estimate of drug-likeness (QED) is 0.334. The van der Waals surface area contributed by atoms with E-state index in [9.17, 15) is 13.2 Å². The molecule has 3 aromatic rings. The Morgan fingerprint density at radius 1 is 0.974 bits per heavy atom. The van der Waals surface area contributed by atoms with Gasteiger partial charge in [-0.05, 0) is 56.4 Å². The highest BCUT2D eigenvalue weighted by Crippen LogP contribution is 2.37. The molecule has 1 saturated carbocycles. The molecule has 3 heterocycles. The molecule has 3 aliphatic rings. The second-order valence-electron chi connectivity index (χ2n) is 11.5. The number of nitrogens with zero attached hydrogens (tertiary/aromatic N) is 3. The third kappa shape index (κ3) is 6.02. The van der Waals surface area contributed by atoms with Crippen molar-refractivity contribution in [3.63, 3.8) is 0 Å². The summed E-state index contributed by atoms with van der Waals surface area (Å²) in [6, 6.07) is 14.5. The fourth-order valence-electron chi connectivity index (χ4n) is 6.80. The first-order valence-electron chi connectivity index (χ1n) is 14.3. The molecule has 2 aromatic carbocycles. The molecular formula is C31H37F3N4O. The monoisotopic (exact) mass is 538 g/mol. The number of halogens is 3. The number of para-hydroxylation sites is 1. The predicted molar refractivity (Wildman–Crippen MR) is 149 cm³/mol. The Kier molecular flexibility index (Phi) is 7.42. The molecular weight excluding hydrogens is 501 g/mol. The number of alkyl halides is 3. The van der Waals surface area contributed by atoms with Crippen LogP contribution in [0, 0.1) is 12.8 Å². The summed E-state index contributed by atoms with van der Waals surface area (Å²) in [5.41, 5.74) is 1.91. The van der Waals surface area contributed by atoms with Crippen LogP contribution in [0.15, 0.2) is 48.5 Å². The van der Waals surface area contributed by atoms with Crippen molar-refractivity contribution in [1.82, 2.24) is 14.8 Å². The number of anilines is 2. The van der Waals surface area contributed by atoms with Crippen molar-refractivity contribution >= 4 is 22.3 Å². The normalized spacial score (nSPS) is 22.6. The van der Waals surface area contributed by atoms with Gasteiger partial charge >= 0.3 is 6.18 Å². The standard InChI is InChI=1S/C31H37F3N4O/c1-21-13-30(28-9-5-6-10-29(28)35-21)36-24-14-23(31(32,33)34)15-27(16-24)39-12-11-37-19-26-17-25(37)20-38(26)18-22-7-3-2-4-8-22/h5-6,9-10,13-16,22,25-26H,2-4,7-8,11-12,17-20H2,1H3,(H,35,36). The van der Waals surface area contributed by atoms with Crippen molar-refractivity contribution in [1.29, 1.82) is 0 Å². The van der Waals surface area contributed by atoms with Crippen LogP contribution in [0.2, 0.25) is 0 Å². The maximum atomic E-state index is 13.8. The number of hydrogen-bond acceptors (Lipinski definition) is 5. The number of piperazine rings is 1. The highest BCUT2D eigenvalue weighted by atomic mass is 19.4. The second kappa shape index (κ2) is 11.0. The molecule has 1 aliphatic carbocycles. The maximum Gasteiger partial charge on any atom is 0.416 e. The lowest BCUT2D eigenvalue weighted by Gasteiger charge is -2.36. The molecule has 2 bridgehead atoms. The lowest BCUT2D eigenvalue weighted by atomic mass is 9.89. The molecule has 2 atom stereocenters. The van der Waals surface area contributed by atoms with Gasteiger partial charge < -0.3 is 10.1 Å². The summed E-state index contributed by atoms with van der Waals surface area (Å²) in [6.45, 7) is 6.34. The van der Waals surface area contributed by atoms with E-state index in [1.165, 1.54) is 45.1 Å². The molecule has 1 aromatic heterocycles. The summed E-state index contributed by atoms with van der Waals surface area (Å²) in [4.78, 5) is 9.67. The zero-order chi connectivity index (χ0) is 27.0. The Morgan fingerprint density at radius 2 is 1.74 bits per heavy atom. The van der Waals surface area contributed by atoms with Crippen LogP contribution < -0.4 is 10.1 Å². The minimum Gasteiger partial charge on any atom is -0.492 e. The third-order valence-corrected chi connectivity index (χ3v) is 8.69. The van der Waals surface area contributed by atoms with E-state index in [-0.39, 0.29) is 5.75 Å². The SMILES string of the molecule is Cc1cc(Nc2cc(OCCN3CC4CC3CN4CC3CCCCC3)cc(C(F)(F)F)c2)c2ccccc2n1. The zero-order valence-electron chi connectivity index (χ0n) is 22.5. The highest BCUT2D eigenvalue weighted by molar-refractivity contribution is 5.93. The van der Waals surface area contributed by atoms with Crippen LogP contribution in [0.3, 0.4) is 0 Å². The number of aromatic nitrogens is 1. The molecule has 3 fully saturated rings. The maximum absolute atomic E-state index is 13.8. The van der Waals surface area contributed by atoms with Gasteiger partial charge in [0.05, 0.1) is 11.1 Å². The summed E-state index contributed by atoms with van der Waals surface area (Å²) in [5.74, 6) is 1.08. The van der Waals surface area contributed by atoms with Crippen LogP contribution >= 0.6 is 0 Å². The van der Waals surface area contributed by atoms with E-state index in [2.05, 4.69) is 20.1 Å². The molecule has 5 nitrogen and oxygen atoms in total. The van der Waals surface area contributed by atoms with Crippen molar-refractivity contribution in [3.8, 4) is 5.75 Å². The Balaban J connectivity index is 1.10. The predicted octanol–water partition coefficient (Wildman–Crippen LogP) is 7.02. The van der Waals surface area contributed by atoms with Crippen LogP contribution in [0.4, 0.5) is 24.5 Å². The summed E-state index contributed by atoms with van der Waals surface area (Å²) in [6.07, 6.45) is 3.61. The number of aryl methyl sites for hydroxylation is 1. The first kappa shape index (κ1) is 26.4. The van der Waals surface area contributed by atoms with E-state index in [1.54, 1.807) is 6.07 Å². The van der Waals surface area contributed by atoms with E-state index in [4.69, 9.17) is 4.74 Å². The number of fused-ring (bicyclic) bond motifs is 3. The molecule has 8 heteroatoms. The number of benzene rings is 2. The van der Waals surface area contributed by atoms with Gasteiger partial charge in [0.25, 0.3) is 0 Å². The topological polar surface area (TPSA) is 40.6 Å². The molecule has 2 aliphatic heterocycles. The molecule has 0 spiro atoms. The van der Waals surface area contributed by atoms with Gasteiger partial charge in [0.2, 0.25) is 0 Å². The number of ether oxygens (including phenoxy) is 1. The van der Waals surface area contributed by atoms with E-state index in [0.29, 0.717) is 30.1 Å². The number of likely N-dealkylation sites (tertiary alicyclic amines) is 2. The molecule has 39 heavy (non-hydrogen) atoms. The van der Waals surface area contributed by atoms with Crippen LogP contribution in [-0.2, 0) is 6.18 Å². The van der Waals surface area contributed by atoms with Crippen LogP contribution in [0.1, 0.15) is 49.8 Å². The number of hydrogen-bond donors (Lipinski definition) is 1. The van der Waals surface area contributed by atoms with Gasteiger partial charge in [-0.3, -0.25) is 14.8 Å². The van der Waals surface area contributed by atoms with Crippen molar-refractivity contribution in [2.24, 2.45) is 5.92 Å². The summed E-state index contributed by atoms with van der Waals surface area (Å²) < 4.78 is 47.3. The average Bonchev–Trinajstić information content (AvgIpc) is 3.49. The lowest BCUT2D eigenvalue weighted by Crippen LogP contribution is -2.48. The number of nitrogens with one attached hydrogen (secondary N) is 1. The lowest BCUT2D eigenvalue weighted by molar-refractivity contribution is -0.137.